The summed E-state index contributed by atoms with van der Waals surface area (Å²) in [6.45, 7) is 8.28. The molecule has 140 valence electrons. The maximum atomic E-state index is 13.1. The van der Waals surface area contributed by atoms with Gasteiger partial charge in [0.2, 0.25) is 11.1 Å². The summed E-state index contributed by atoms with van der Waals surface area (Å²) < 4.78 is 14.4. The van der Waals surface area contributed by atoms with Crippen LogP contribution in [0, 0.1) is 5.82 Å². The number of hydrogen-bond donors (Lipinski definition) is 1. The van der Waals surface area contributed by atoms with Crippen molar-refractivity contribution in [3.05, 3.63) is 30.1 Å². The molecule has 1 unspecified atom stereocenters. The van der Waals surface area contributed by atoms with Gasteiger partial charge in [-0.25, -0.2) is 9.07 Å². The summed E-state index contributed by atoms with van der Waals surface area (Å²) in [6.07, 6.45) is 0. The lowest BCUT2D eigenvalue weighted by atomic mass is 10.2. The highest BCUT2D eigenvalue weighted by Gasteiger charge is 2.26. The fourth-order valence-electron chi connectivity index (χ4n) is 2.90. The average molecular weight is 378 g/mol. The third kappa shape index (κ3) is 3.99. The molecule has 2 N–H and O–H groups in total. The van der Waals surface area contributed by atoms with Crippen LogP contribution in [0.1, 0.15) is 13.8 Å². The molecule has 1 aliphatic rings. The number of nitrogens with two attached hydrogens (primary N) is 1. The smallest absolute Gasteiger partial charge is 0.235 e. The van der Waals surface area contributed by atoms with Crippen LogP contribution in [-0.2, 0) is 4.79 Å². The van der Waals surface area contributed by atoms with Gasteiger partial charge in [0.25, 0.3) is 0 Å². The van der Waals surface area contributed by atoms with Crippen molar-refractivity contribution < 1.29 is 9.18 Å². The minimum absolute atomic E-state index is 0.0806. The molecule has 9 heteroatoms. The summed E-state index contributed by atoms with van der Waals surface area (Å²) in [5, 5.41) is 8.31. The van der Waals surface area contributed by atoms with Gasteiger partial charge in [0.05, 0.1) is 5.25 Å². The SMILES string of the molecule is CCN1CCN(C(=O)C(C)Sc2nnc(-c3ccc(F)cc3)n2N)CC1. The molecule has 0 bridgehead atoms. The van der Waals surface area contributed by atoms with Gasteiger partial charge in [-0.1, -0.05) is 18.7 Å². The van der Waals surface area contributed by atoms with Crippen LogP contribution >= 0.6 is 11.8 Å². The van der Waals surface area contributed by atoms with Crippen molar-refractivity contribution in [3.63, 3.8) is 0 Å². The van der Waals surface area contributed by atoms with Gasteiger partial charge in [0.15, 0.2) is 5.82 Å². The molecule has 1 aromatic carbocycles. The summed E-state index contributed by atoms with van der Waals surface area (Å²) in [6, 6.07) is 5.88. The molecule has 1 atom stereocenters. The quantitative estimate of drug-likeness (QED) is 0.626. The maximum Gasteiger partial charge on any atom is 0.235 e. The summed E-state index contributed by atoms with van der Waals surface area (Å²) in [4.78, 5) is 16.9. The highest BCUT2D eigenvalue weighted by molar-refractivity contribution is 8.00. The normalized spacial score (nSPS) is 16.7. The standard InChI is InChI=1S/C17H23FN6OS/c1-3-22-8-10-23(11-9-22)16(25)12(2)26-17-21-20-15(24(17)19)13-4-6-14(18)7-5-13/h4-7,12H,3,8-11,19H2,1-2H3. The third-order valence-electron chi connectivity index (χ3n) is 4.53. The first-order valence-electron chi connectivity index (χ1n) is 8.63. The number of likely N-dealkylation sites (N-methyl/N-ethyl adjacent to an activating group) is 1. The maximum absolute atomic E-state index is 13.1. The van der Waals surface area contributed by atoms with E-state index in [1.807, 2.05) is 11.8 Å². The predicted octanol–water partition coefficient (Wildman–Crippen LogP) is 1.44. The van der Waals surface area contributed by atoms with E-state index in [0.29, 0.717) is 16.5 Å². The second kappa shape index (κ2) is 8.05. The minimum atomic E-state index is -0.325. The van der Waals surface area contributed by atoms with E-state index in [9.17, 15) is 9.18 Å². The van der Waals surface area contributed by atoms with E-state index in [1.165, 1.54) is 28.6 Å². The van der Waals surface area contributed by atoms with Crippen LogP contribution in [0.2, 0.25) is 0 Å². The second-order valence-electron chi connectivity index (χ2n) is 6.20. The molecule has 0 radical (unpaired) electrons. The Morgan fingerprint density at radius 3 is 2.50 bits per heavy atom. The second-order valence-corrected chi connectivity index (χ2v) is 7.51. The Morgan fingerprint density at radius 1 is 1.23 bits per heavy atom. The van der Waals surface area contributed by atoms with Crippen molar-refractivity contribution in [2.24, 2.45) is 0 Å². The molecule has 7 nitrogen and oxygen atoms in total. The summed E-state index contributed by atoms with van der Waals surface area (Å²) in [7, 11) is 0. The van der Waals surface area contributed by atoms with Crippen LogP contribution in [0.15, 0.2) is 29.4 Å². The fourth-order valence-corrected chi connectivity index (χ4v) is 3.76. The number of nitrogen functional groups attached to an aromatic ring is 1. The van der Waals surface area contributed by atoms with Gasteiger partial charge in [0, 0.05) is 31.7 Å². The molecule has 1 saturated heterocycles. The molecule has 1 aliphatic heterocycles. The molecule has 0 saturated carbocycles. The molecule has 1 fully saturated rings. The molecule has 26 heavy (non-hydrogen) atoms. The van der Waals surface area contributed by atoms with Crippen LogP contribution in [-0.4, -0.2) is 68.6 Å². The number of rotatable bonds is 5. The number of carbonyl (C=O) groups is 1. The monoisotopic (exact) mass is 378 g/mol. The molecule has 0 aliphatic carbocycles. The third-order valence-corrected chi connectivity index (χ3v) is 5.57. The molecule has 2 aromatic rings. The lowest BCUT2D eigenvalue weighted by Crippen LogP contribution is -2.50. The number of aromatic nitrogens is 3. The Labute approximate surface area is 156 Å². The predicted molar refractivity (Wildman–Crippen MR) is 99.6 cm³/mol. The van der Waals surface area contributed by atoms with Crippen LogP contribution in [0.5, 0.6) is 0 Å². The van der Waals surface area contributed by atoms with E-state index in [1.54, 1.807) is 12.1 Å². The number of hydrogen-bond acceptors (Lipinski definition) is 6. The first kappa shape index (κ1) is 18.7. The van der Waals surface area contributed by atoms with Gasteiger partial charge in [-0.3, -0.25) is 4.79 Å². The van der Waals surface area contributed by atoms with Crippen LogP contribution in [0.3, 0.4) is 0 Å². The van der Waals surface area contributed by atoms with Gasteiger partial charge >= 0.3 is 0 Å². The Bertz CT molecular complexity index is 757. The van der Waals surface area contributed by atoms with Crippen LogP contribution in [0.25, 0.3) is 11.4 Å². The summed E-state index contributed by atoms with van der Waals surface area (Å²) >= 11 is 1.28. The van der Waals surface area contributed by atoms with E-state index in [0.717, 1.165) is 32.7 Å². The van der Waals surface area contributed by atoms with Gasteiger partial charge in [-0.2, -0.15) is 0 Å². The topological polar surface area (TPSA) is 80.3 Å². The number of thioether (sulfide) groups is 1. The lowest BCUT2D eigenvalue weighted by Gasteiger charge is -2.35. The van der Waals surface area contributed by atoms with Crippen molar-refractivity contribution in [2.45, 2.75) is 24.3 Å². The van der Waals surface area contributed by atoms with Crippen LogP contribution < -0.4 is 5.84 Å². The first-order chi connectivity index (χ1) is 12.5. The zero-order chi connectivity index (χ0) is 18.7. The number of carbonyl (C=O) groups excluding carboxylic acids is 1. The highest BCUT2D eigenvalue weighted by atomic mass is 32.2. The summed E-state index contributed by atoms with van der Waals surface area (Å²) in [5.41, 5.74) is 0.669. The molecule has 1 amide bonds. The average Bonchev–Trinajstić information content (AvgIpc) is 3.02. The van der Waals surface area contributed by atoms with Gasteiger partial charge < -0.3 is 15.6 Å². The Kier molecular flexibility index (Phi) is 5.77. The number of amides is 1. The van der Waals surface area contributed by atoms with E-state index in [-0.39, 0.29) is 17.0 Å². The van der Waals surface area contributed by atoms with Gasteiger partial charge in [-0.05, 0) is 37.7 Å². The lowest BCUT2D eigenvalue weighted by molar-refractivity contribution is -0.132. The molecular formula is C17H23FN6OS. The number of benzene rings is 1. The molecule has 2 heterocycles. The van der Waals surface area contributed by atoms with E-state index in [4.69, 9.17) is 5.84 Å². The number of piperazine rings is 1. The van der Waals surface area contributed by atoms with E-state index >= 15 is 0 Å². The Balaban J connectivity index is 1.65. The van der Waals surface area contributed by atoms with Crippen molar-refractivity contribution in [1.82, 2.24) is 24.7 Å². The van der Waals surface area contributed by atoms with Gasteiger partial charge in [-0.15, -0.1) is 10.2 Å². The summed E-state index contributed by atoms with van der Waals surface area (Å²) in [5.74, 6) is 6.27. The minimum Gasteiger partial charge on any atom is -0.339 e. The molecule has 3 rings (SSSR count). The van der Waals surface area contributed by atoms with Crippen molar-refractivity contribution >= 4 is 17.7 Å². The largest absolute Gasteiger partial charge is 0.339 e. The van der Waals surface area contributed by atoms with E-state index in [2.05, 4.69) is 22.0 Å². The van der Waals surface area contributed by atoms with Gasteiger partial charge in [0.1, 0.15) is 5.82 Å². The molecular weight excluding hydrogens is 355 g/mol. The van der Waals surface area contributed by atoms with Crippen molar-refractivity contribution in [3.8, 4) is 11.4 Å². The number of nitrogens with zero attached hydrogens (tertiary/aromatic N) is 5. The Hall–Kier alpha value is -2.13. The molecule has 0 spiro atoms. The zero-order valence-corrected chi connectivity index (χ0v) is 15.7. The fraction of sp³-hybridized carbons (Fsp3) is 0.471. The highest BCUT2D eigenvalue weighted by Crippen LogP contribution is 2.26. The van der Waals surface area contributed by atoms with Crippen molar-refractivity contribution in [2.75, 3.05) is 38.6 Å². The molecule has 1 aromatic heterocycles. The Morgan fingerprint density at radius 2 is 1.88 bits per heavy atom. The van der Waals surface area contributed by atoms with E-state index < -0.39 is 0 Å². The van der Waals surface area contributed by atoms with Crippen molar-refractivity contribution in [1.29, 1.82) is 0 Å². The zero-order valence-electron chi connectivity index (χ0n) is 14.9. The number of halogens is 1. The van der Waals surface area contributed by atoms with Crippen LogP contribution in [0.4, 0.5) is 4.39 Å². The first-order valence-corrected chi connectivity index (χ1v) is 9.51.